The number of benzene rings is 2. The third-order valence-electron chi connectivity index (χ3n) is 4.90. The fraction of sp³-hybridized carbons (Fsp3) is 0.333. The molecule has 0 aromatic heterocycles. The van der Waals surface area contributed by atoms with E-state index in [9.17, 15) is 18.0 Å². The Morgan fingerprint density at radius 3 is 2.10 bits per heavy atom. The van der Waals surface area contributed by atoms with E-state index in [1.807, 2.05) is 0 Å². The average molecular weight is 416 g/mol. The summed E-state index contributed by atoms with van der Waals surface area (Å²) in [5.41, 5.74) is 1.58. The van der Waals surface area contributed by atoms with Gasteiger partial charge in [0.15, 0.2) is 0 Å². The van der Waals surface area contributed by atoms with Crippen LogP contribution >= 0.6 is 0 Å². The smallest absolute Gasteiger partial charge is 0.337 e. The summed E-state index contributed by atoms with van der Waals surface area (Å²) in [5, 5.41) is 2.78. The van der Waals surface area contributed by atoms with Crippen molar-refractivity contribution >= 4 is 21.9 Å². The van der Waals surface area contributed by atoms with Crippen molar-refractivity contribution < 1.29 is 22.7 Å². The number of carbonyl (C=O) groups is 2. The molecule has 0 atom stereocenters. The monoisotopic (exact) mass is 416 g/mol. The number of sulfonamides is 1. The van der Waals surface area contributed by atoms with Crippen LogP contribution in [0, 0.1) is 0 Å². The number of hydrogen-bond donors (Lipinski definition) is 1. The lowest BCUT2D eigenvalue weighted by atomic mass is 10.1. The number of methoxy groups -OCH3 is 1. The van der Waals surface area contributed by atoms with E-state index in [-0.39, 0.29) is 17.3 Å². The van der Waals surface area contributed by atoms with Crippen LogP contribution in [0.4, 0.5) is 0 Å². The van der Waals surface area contributed by atoms with E-state index < -0.39 is 16.0 Å². The third kappa shape index (κ3) is 5.02. The largest absolute Gasteiger partial charge is 0.465 e. The molecule has 2 aromatic carbocycles. The molecule has 0 unspecified atom stereocenters. The molecule has 2 aromatic rings. The lowest BCUT2D eigenvalue weighted by Crippen LogP contribution is -2.35. The number of ether oxygens (including phenoxy) is 1. The van der Waals surface area contributed by atoms with E-state index in [1.165, 1.54) is 23.5 Å². The number of hydrogen-bond acceptors (Lipinski definition) is 5. The Balaban J connectivity index is 1.60. The molecule has 1 aliphatic rings. The number of amides is 1. The maximum atomic E-state index is 12.7. The van der Waals surface area contributed by atoms with Crippen molar-refractivity contribution in [3.05, 3.63) is 65.2 Å². The highest BCUT2D eigenvalue weighted by molar-refractivity contribution is 7.89. The quantitative estimate of drug-likeness (QED) is 0.731. The molecule has 1 fully saturated rings. The molecule has 7 nitrogen and oxygen atoms in total. The fourth-order valence-electron chi connectivity index (χ4n) is 3.19. The molecule has 29 heavy (non-hydrogen) atoms. The van der Waals surface area contributed by atoms with Crippen LogP contribution in [0.25, 0.3) is 0 Å². The maximum Gasteiger partial charge on any atom is 0.337 e. The molecule has 0 radical (unpaired) electrons. The van der Waals surface area contributed by atoms with Crippen LogP contribution in [0.15, 0.2) is 53.4 Å². The first-order valence-electron chi connectivity index (χ1n) is 9.47. The molecular weight excluding hydrogens is 392 g/mol. The summed E-state index contributed by atoms with van der Waals surface area (Å²) in [6.45, 7) is 1.39. The zero-order valence-electron chi connectivity index (χ0n) is 16.3. The Morgan fingerprint density at radius 1 is 0.931 bits per heavy atom. The molecular formula is C21H24N2O5S. The van der Waals surface area contributed by atoms with Gasteiger partial charge in [0.25, 0.3) is 5.91 Å². The summed E-state index contributed by atoms with van der Waals surface area (Å²) in [7, 11) is -2.16. The highest BCUT2D eigenvalue weighted by Gasteiger charge is 2.25. The highest BCUT2D eigenvalue weighted by atomic mass is 32.2. The van der Waals surface area contributed by atoms with E-state index in [2.05, 4.69) is 10.1 Å². The van der Waals surface area contributed by atoms with Crippen molar-refractivity contribution in [2.45, 2.75) is 30.7 Å². The van der Waals surface area contributed by atoms with Gasteiger partial charge in [-0.1, -0.05) is 18.6 Å². The number of esters is 1. The Morgan fingerprint density at radius 2 is 1.52 bits per heavy atom. The van der Waals surface area contributed by atoms with Crippen molar-refractivity contribution in [2.24, 2.45) is 0 Å². The van der Waals surface area contributed by atoms with Crippen molar-refractivity contribution in [1.82, 2.24) is 9.62 Å². The minimum absolute atomic E-state index is 0.266. The van der Waals surface area contributed by atoms with E-state index in [0.717, 1.165) is 24.8 Å². The topological polar surface area (TPSA) is 92.8 Å². The average Bonchev–Trinajstić information content (AvgIpc) is 2.78. The molecule has 8 heteroatoms. The Hall–Kier alpha value is -2.71. The molecule has 0 saturated carbocycles. The number of rotatable bonds is 6. The van der Waals surface area contributed by atoms with E-state index in [4.69, 9.17) is 0 Å². The van der Waals surface area contributed by atoms with Gasteiger partial charge in [-0.15, -0.1) is 0 Å². The summed E-state index contributed by atoms with van der Waals surface area (Å²) in [5.74, 6) is -0.747. The molecule has 1 aliphatic heterocycles. The lowest BCUT2D eigenvalue weighted by Gasteiger charge is -2.25. The molecule has 154 valence electrons. The molecule has 3 rings (SSSR count). The summed E-state index contributed by atoms with van der Waals surface area (Å²) in [4.78, 5) is 24.0. The zero-order valence-corrected chi connectivity index (χ0v) is 17.1. The van der Waals surface area contributed by atoms with Crippen molar-refractivity contribution in [3.63, 3.8) is 0 Å². The molecule has 1 heterocycles. The van der Waals surface area contributed by atoms with Crippen molar-refractivity contribution in [1.29, 1.82) is 0 Å². The molecule has 0 spiro atoms. The zero-order chi connectivity index (χ0) is 20.9. The number of piperidine rings is 1. The predicted octanol–water partition coefficient (Wildman–Crippen LogP) is 2.58. The van der Waals surface area contributed by atoms with Gasteiger partial charge in [0, 0.05) is 25.2 Å². The Labute approximate surface area is 170 Å². The second-order valence-corrected chi connectivity index (χ2v) is 8.80. The second kappa shape index (κ2) is 9.19. The first-order valence-corrected chi connectivity index (χ1v) is 10.9. The third-order valence-corrected chi connectivity index (χ3v) is 6.81. The van der Waals surface area contributed by atoms with Crippen LogP contribution in [0.3, 0.4) is 0 Å². The Kier molecular flexibility index (Phi) is 6.66. The number of carbonyl (C=O) groups excluding carboxylic acids is 2. The van der Waals surface area contributed by atoms with Crippen LogP contribution in [0.1, 0.15) is 45.5 Å². The highest BCUT2D eigenvalue weighted by Crippen LogP contribution is 2.20. The Bertz CT molecular complexity index is 963. The minimum atomic E-state index is -3.46. The van der Waals surface area contributed by atoms with Gasteiger partial charge >= 0.3 is 5.97 Å². The van der Waals surface area contributed by atoms with Gasteiger partial charge in [-0.3, -0.25) is 4.79 Å². The summed E-state index contributed by atoms with van der Waals surface area (Å²) < 4.78 is 31.5. The molecule has 1 amide bonds. The minimum Gasteiger partial charge on any atom is -0.465 e. The fourth-order valence-corrected chi connectivity index (χ4v) is 4.71. The molecule has 1 N–H and O–H groups in total. The van der Waals surface area contributed by atoms with Gasteiger partial charge in [0.2, 0.25) is 10.0 Å². The lowest BCUT2D eigenvalue weighted by molar-refractivity contribution is 0.0600. The van der Waals surface area contributed by atoms with Gasteiger partial charge in [-0.25, -0.2) is 13.2 Å². The van der Waals surface area contributed by atoms with Crippen LogP contribution in [-0.2, 0) is 21.3 Å². The normalized spacial score (nSPS) is 14.9. The van der Waals surface area contributed by atoms with Crippen molar-refractivity contribution in [3.8, 4) is 0 Å². The summed E-state index contributed by atoms with van der Waals surface area (Å²) in [6, 6.07) is 12.7. The SMILES string of the molecule is COC(=O)c1ccc(C(=O)NCc2ccc(S(=O)(=O)N3CCCCC3)cc2)cc1. The molecule has 0 aliphatic carbocycles. The summed E-state index contributed by atoms with van der Waals surface area (Å²) >= 11 is 0. The van der Waals surface area contributed by atoms with E-state index in [0.29, 0.717) is 24.2 Å². The van der Waals surface area contributed by atoms with Gasteiger partial charge < -0.3 is 10.1 Å². The van der Waals surface area contributed by atoms with Gasteiger partial charge in [-0.05, 0) is 54.8 Å². The molecule has 1 saturated heterocycles. The molecule has 0 bridgehead atoms. The summed E-state index contributed by atoms with van der Waals surface area (Å²) in [6.07, 6.45) is 2.85. The maximum absolute atomic E-state index is 12.7. The van der Waals surface area contributed by atoms with Gasteiger partial charge in [0.1, 0.15) is 0 Å². The van der Waals surface area contributed by atoms with E-state index >= 15 is 0 Å². The van der Waals surface area contributed by atoms with Gasteiger partial charge in [0.05, 0.1) is 17.6 Å². The first kappa shape index (κ1) is 21.0. The van der Waals surface area contributed by atoms with Crippen LogP contribution in [0.5, 0.6) is 0 Å². The number of nitrogens with one attached hydrogen (secondary N) is 1. The van der Waals surface area contributed by atoms with Gasteiger partial charge in [-0.2, -0.15) is 4.31 Å². The number of nitrogens with zero attached hydrogens (tertiary/aromatic N) is 1. The van der Waals surface area contributed by atoms with Crippen LogP contribution in [0.2, 0.25) is 0 Å². The van der Waals surface area contributed by atoms with Crippen LogP contribution < -0.4 is 5.32 Å². The van der Waals surface area contributed by atoms with Crippen molar-refractivity contribution in [2.75, 3.05) is 20.2 Å². The first-order chi connectivity index (χ1) is 13.9. The van der Waals surface area contributed by atoms with Crippen LogP contribution in [-0.4, -0.2) is 44.8 Å². The predicted molar refractivity (Wildman–Crippen MR) is 108 cm³/mol. The second-order valence-electron chi connectivity index (χ2n) is 6.86. The standard InChI is InChI=1S/C21H24N2O5S/c1-28-21(25)18-9-7-17(8-10-18)20(24)22-15-16-5-11-19(12-6-16)29(26,27)23-13-3-2-4-14-23/h5-12H,2-4,13-15H2,1H3,(H,22,24). The van der Waals surface area contributed by atoms with E-state index in [1.54, 1.807) is 36.4 Å².